The molecule has 12 heavy (non-hydrogen) atoms. The van der Waals surface area contributed by atoms with E-state index in [-0.39, 0.29) is 31.0 Å². The molecule has 0 unspecified atom stereocenters. The van der Waals surface area contributed by atoms with Crippen molar-refractivity contribution in [2.24, 2.45) is 0 Å². The van der Waals surface area contributed by atoms with Crippen LogP contribution in [0.4, 0.5) is 10.1 Å². The SMILES string of the molecule is O=[N+]([O-])c1ccc(F)cc1O.[H-].[Na+]. The van der Waals surface area contributed by atoms with Crippen molar-refractivity contribution in [2.45, 2.75) is 0 Å². The number of benzene rings is 1. The molecule has 0 aliphatic rings. The van der Waals surface area contributed by atoms with Gasteiger partial charge in [-0.05, 0) is 6.07 Å². The van der Waals surface area contributed by atoms with Gasteiger partial charge in [0, 0.05) is 12.1 Å². The fourth-order valence-corrected chi connectivity index (χ4v) is 0.651. The summed E-state index contributed by atoms with van der Waals surface area (Å²) in [7, 11) is 0. The predicted molar refractivity (Wildman–Crippen MR) is 35.8 cm³/mol. The van der Waals surface area contributed by atoms with E-state index >= 15 is 0 Å². The topological polar surface area (TPSA) is 63.4 Å². The van der Waals surface area contributed by atoms with Crippen molar-refractivity contribution in [3.8, 4) is 5.75 Å². The van der Waals surface area contributed by atoms with E-state index in [0.717, 1.165) is 12.1 Å². The summed E-state index contributed by atoms with van der Waals surface area (Å²) in [4.78, 5) is 9.27. The molecule has 0 spiro atoms. The van der Waals surface area contributed by atoms with Crippen LogP contribution < -0.4 is 29.6 Å². The van der Waals surface area contributed by atoms with Crippen molar-refractivity contribution in [1.29, 1.82) is 0 Å². The molecule has 1 N–H and O–H groups in total. The average molecular weight is 181 g/mol. The van der Waals surface area contributed by atoms with Gasteiger partial charge in [-0.1, -0.05) is 0 Å². The van der Waals surface area contributed by atoms with E-state index in [1.807, 2.05) is 0 Å². The molecule has 0 saturated heterocycles. The Bertz CT molecular complexity index is 310. The molecule has 0 radical (unpaired) electrons. The van der Waals surface area contributed by atoms with E-state index in [0.29, 0.717) is 6.07 Å². The zero-order chi connectivity index (χ0) is 8.43. The summed E-state index contributed by atoms with van der Waals surface area (Å²) in [6.45, 7) is 0. The first-order valence-corrected chi connectivity index (χ1v) is 2.74. The van der Waals surface area contributed by atoms with Gasteiger partial charge in [0.25, 0.3) is 0 Å². The van der Waals surface area contributed by atoms with Crippen LogP contribution in [0.25, 0.3) is 0 Å². The molecular formula is C6H5FNNaO3. The van der Waals surface area contributed by atoms with E-state index < -0.39 is 22.2 Å². The zero-order valence-electron chi connectivity index (χ0n) is 7.32. The maximum atomic E-state index is 12.2. The molecule has 4 nitrogen and oxygen atoms in total. The number of phenols is 1. The Labute approximate surface area is 90.9 Å². The van der Waals surface area contributed by atoms with Crippen molar-refractivity contribution >= 4 is 5.69 Å². The van der Waals surface area contributed by atoms with Gasteiger partial charge in [-0.25, -0.2) is 4.39 Å². The van der Waals surface area contributed by atoms with Crippen LogP contribution in [-0.4, -0.2) is 10.0 Å². The van der Waals surface area contributed by atoms with E-state index in [1.54, 1.807) is 0 Å². The first kappa shape index (κ1) is 11.4. The molecule has 0 heterocycles. The second-order valence-electron chi connectivity index (χ2n) is 1.89. The van der Waals surface area contributed by atoms with E-state index in [4.69, 9.17) is 5.11 Å². The minimum absolute atomic E-state index is 0. The van der Waals surface area contributed by atoms with Crippen LogP contribution in [0, 0.1) is 15.9 Å². The molecule has 0 amide bonds. The number of nitro benzene ring substituents is 1. The molecule has 1 rings (SSSR count). The van der Waals surface area contributed by atoms with Gasteiger partial charge >= 0.3 is 35.2 Å². The predicted octanol–water partition coefficient (Wildman–Crippen LogP) is -1.44. The summed E-state index contributed by atoms with van der Waals surface area (Å²) in [5.41, 5.74) is -0.494. The fraction of sp³-hybridized carbons (Fsp3) is 0. The Kier molecular flexibility index (Phi) is 4.16. The molecule has 0 fully saturated rings. The Hall–Kier alpha value is -0.650. The van der Waals surface area contributed by atoms with Crippen LogP contribution in [0.2, 0.25) is 0 Å². The van der Waals surface area contributed by atoms with Crippen LogP contribution in [0.5, 0.6) is 5.75 Å². The summed E-state index contributed by atoms with van der Waals surface area (Å²) in [5, 5.41) is 18.8. The van der Waals surface area contributed by atoms with Gasteiger partial charge in [0.05, 0.1) is 4.92 Å². The Morgan fingerprint density at radius 3 is 2.58 bits per heavy atom. The second kappa shape index (κ2) is 4.39. The van der Waals surface area contributed by atoms with Crippen molar-refractivity contribution in [2.75, 3.05) is 0 Å². The molecule has 0 aromatic heterocycles. The molecule has 0 saturated carbocycles. The van der Waals surface area contributed by atoms with Crippen molar-refractivity contribution in [3.63, 3.8) is 0 Å². The van der Waals surface area contributed by atoms with Gasteiger partial charge < -0.3 is 6.53 Å². The van der Waals surface area contributed by atoms with Crippen LogP contribution in [0.1, 0.15) is 1.43 Å². The summed E-state index contributed by atoms with van der Waals surface area (Å²) >= 11 is 0. The quantitative estimate of drug-likeness (QED) is 0.327. The summed E-state index contributed by atoms with van der Waals surface area (Å²) in [6.07, 6.45) is 0. The van der Waals surface area contributed by atoms with E-state index in [1.165, 1.54) is 0 Å². The smallest absolute Gasteiger partial charge is 1.00 e. The average Bonchev–Trinajstić information content (AvgIpc) is 1.85. The van der Waals surface area contributed by atoms with Crippen LogP contribution in [0.3, 0.4) is 0 Å². The Balaban J connectivity index is 0. The fourth-order valence-electron chi connectivity index (χ4n) is 0.651. The largest absolute Gasteiger partial charge is 1.00 e. The molecule has 6 heteroatoms. The van der Waals surface area contributed by atoms with E-state index in [9.17, 15) is 14.5 Å². The van der Waals surface area contributed by atoms with Gasteiger partial charge in [0.15, 0.2) is 5.75 Å². The zero-order valence-corrected chi connectivity index (χ0v) is 8.32. The Morgan fingerprint density at radius 1 is 1.58 bits per heavy atom. The molecule has 60 valence electrons. The van der Waals surface area contributed by atoms with Crippen molar-refractivity contribution in [3.05, 3.63) is 34.1 Å². The second-order valence-corrected chi connectivity index (χ2v) is 1.89. The Morgan fingerprint density at radius 2 is 2.17 bits per heavy atom. The molecule has 1 aromatic rings. The monoisotopic (exact) mass is 181 g/mol. The van der Waals surface area contributed by atoms with Crippen LogP contribution >= 0.6 is 0 Å². The normalized spacial score (nSPS) is 8.75. The van der Waals surface area contributed by atoms with Gasteiger partial charge in [-0.3, -0.25) is 10.1 Å². The summed E-state index contributed by atoms with van der Waals surface area (Å²) in [5.74, 6) is -1.36. The maximum absolute atomic E-state index is 12.2. The maximum Gasteiger partial charge on any atom is 1.00 e. The van der Waals surface area contributed by atoms with Gasteiger partial charge in [-0.2, -0.15) is 0 Å². The van der Waals surface area contributed by atoms with Crippen LogP contribution in [-0.2, 0) is 0 Å². The molecule has 0 bridgehead atoms. The number of nitro groups is 1. The summed E-state index contributed by atoms with van der Waals surface area (Å²) < 4.78 is 12.2. The third-order valence-electron chi connectivity index (χ3n) is 1.13. The number of phenolic OH excluding ortho intramolecular Hbond substituents is 1. The molecule has 0 aliphatic heterocycles. The molecular weight excluding hydrogens is 176 g/mol. The third kappa shape index (κ3) is 2.44. The number of halogens is 1. The first-order valence-electron chi connectivity index (χ1n) is 2.74. The van der Waals surface area contributed by atoms with Gasteiger partial charge in [0.1, 0.15) is 5.82 Å². The first-order chi connectivity index (χ1) is 5.11. The minimum Gasteiger partial charge on any atom is -1.00 e. The van der Waals surface area contributed by atoms with Gasteiger partial charge in [0.2, 0.25) is 0 Å². The van der Waals surface area contributed by atoms with Gasteiger partial charge in [-0.15, -0.1) is 0 Å². The third-order valence-corrected chi connectivity index (χ3v) is 1.13. The number of rotatable bonds is 1. The molecule has 0 aliphatic carbocycles. The van der Waals surface area contributed by atoms with E-state index in [2.05, 4.69) is 0 Å². The van der Waals surface area contributed by atoms with Crippen molar-refractivity contribution in [1.82, 2.24) is 0 Å². The van der Waals surface area contributed by atoms with Crippen LogP contribution in [0.15, 0.2) is 18.2 Å². The minimum atomic E-state index is -0.783. The standard InChI is InChI=1S/C6H4FNO3.Na.H/c7-4-1-2-5(8(10)11)6(9)3-4;;/h1-3,9H;;/q;+1;-1. The summed E-state index contributed by atoms with van der Waals surface area (Å²) in [6, 6.07) is 2.51. The number of aromatic hydroxyl groups is 1. The number of hydrogen-bond donors (Lipinski definition) is 1. The van der Waals surface area contributed by atoms with Crippen molar-refractivity contribution < 1.29 is 45.4 Å². The molecule has 1 aromatic carbocycles. The number of nitrogens with zero attached hydrogens (tertiary/aromatic N) is 1. The molecule has 0 atom stereocenters. The number of hydrogen-bond acceptors (Lipinski definition) is 3.